The van der Waals surface area contributed by atoms with E-state index < -0.39 is 47.2 Å². The number of aliphatic hydroxyl groups is 2. The van der Waals surface area contributed by atoms with Crippen LogP contribution in [-0.4, -0.2) is 97.2 Å². The molecule has 0 bridgehead atoms. The SMILES string of the molecule is CC(C)(O)C1=CNNN1[C@H]1C[C@@H](C(=O)NC2(C(O)C(N)=O)CCSC2)N(C(=O)[C@@H](CC2CCCCC2)NC(=O)c2ccc3ccccc3c2)C1. The molecule has 1 aliphatic carbocycles. The molecule has 5 atom stereocenters. The topological polar surface area (TPSA) is 189 Å². The third-order valence-electron chi connectivity index (χ3n) is 10.6. The molecule has 50 heavy (non-hydrogen) atoms. The van der Waals surface area contributed by atoms with Crippen LogP contribution in [0.5, 0.6) is 0 Å². The van der Waals surface area contributed by atoms with Gasteiger partial charge in [-0.15, -0.1) is 5.53 Å². The van der Waals surface area contributed by atoms with Gasteiger partial charge < -0.3 is 36.9 Å². The maximum atomic E-state index is 14.8. The molecule has 4 aliphatic rings. The Morgan fingerprint density at radius 1 is 1.10 bits per heavy atom. The molecular weight excluding hydrogens is 659 g/mol. The van der Waals surface area contributed by atoms with Crippen LogP contribution >= 0.6 is 11.8 Å². The molecule has 3 fully saturated rings. The first-order valence-electron chi connectivity index (χ1n) is 17.6. The summed E-state index contributed by atoms with van der Waals surface area (Å²) in [5, 5.41) is 31.4. The van der Waals surface area contributed by atoms with E-state index in [0.29, 0.717) is 35.6 Å². The Balaban J connectivity index is 1.30. The van der Waals surface area contributed by atoms with Crippen LogP contribution < -0.4 is 27.3 Å². The summed E-state index contributed by atoms with van der Waals surface area (Å²) in [5.74, 6) is -1.04. The van der Waals surface area contributed by atoms with Crippen LogP contribution in [0.25, 0.3) is 10.8 Å². The molecule has 14 heteroatoms. The molecule has 0 aromatic heterocycles. The van der Waals surface area contributed by atoms with Gasteiger partial charge in [-0.05, 0) is 61.3 Å². The number of primary amides is 1. The summed E-state index contributed by atoms with van der Waals surface area (Å²) in [4.78, 5) is 56.6. The van der Waals surface area contributed by atoms with E-state index in [-0.39, 0.29) is 30.7 Å². The van der Waals surface area contributed by atoms with E-state index in [0.717, 1.165) is 42.9 Å². The van der Waals surface area contributed by atoms with Gasteiger partial charge >= 0.3 is 0 Å². The van der Waals surface area contributed by atoms with Gasteiger partial charge in [0.25, 0.3) is 5.91 Å². The Bertz CT molecular complexity index is 1630. The van der Waals surface area contributed by atoms with E-state index >= 15 is 0 Å². The maximum Gasteiger partial charge on any atom is 0.251 e. The fourth-order valence-electron chi connectivity index (χ4n) is 7.87. The van der Waals surface area contributed by atoms with Gasteiger partial charge in [0.2, 0.25) is 17.7 Å². The van der Waals surface area contributed by atoms with Crippen LogP contribution in [0.2, 0.25) is 0 Å². The van der Waals surface area contributed by atoms with E-state index in [1.54, 1.807) is 31.1 Å². The summed E-state index contributed by atoms with van der Waals surface area (Å²) < 4.78 is 0. The third-order valence-corrected chi connectivity index (χ3v) is 11.8. The van der Waals surface area contributed by atoms with Crippen molar-refractivity contribution in [2.75, 3.05) is 18.1 Å². The zero-order valence-electron chi connectivity index (χ0n) is 28.7. The summed E-state index contributed by atoms with van der Waals surface area (Å²) in [6, 6.07) is 10.9. The highest BCUT2D eigenvalue weighted by atomic mass is 32.2. The quantitative estimate of drug-likeness (QED) is 0.181. The van der Waals surface area contributed by atoms with Crippen LogP contribution in [0.3, 0.4) is 0 Å². The molecule has 2 aromatic rings. The average Bonchev–Trinajstić information content (AvgIpc) is 3.88. The third kappa shape index (κ3) is 7.58. The monoisotopic (exact) mass is 707 g/mol. The second-order valence-electron chi connectivity index (χ2n) is 14.7. The van der Waals surface area contributed by atoms with Crippen molar-refractivity contribution in [3.63, 3.8) is 0 Å². The van der Waals surface area contributed by atoms with Crippen LogP contribution in [-0.2, 0) is 14.4 Å². The Kier molecular flexibility index (Phi) is 10.6. The summed E-state index contributed by atoms with van der Waals surface area (Å²) in [7, 11) is 0. The van der Waals surface area contributed by atoms with Crippen molar-refractivity contribution in [1.82, 2.24) is 31.5 Å². The lowest BCUT2D eigenvalue weighted by atomic mass is 9.84. The first-order valence-corrected chi connectivity index (χ1v) is 18.7. The van der Waals surface area contributed by atoms with Gasteiger partial charge in [0.1, 0.15) is 17.7 Å². The minimum Gasteiger partial charge on any atom is -0.384 e. The molecule has 1 saturated carbocycles. The van der Waals surface area contributed by atoms with Crippen molar-refractivity contribution in [3.05, 3.63) is 59.9 Å². The molecule has 3 aliphatic heterocycles. The zero-order valence-corrected chi connectivity index (χ0v) is 29.5. The Labute approximate surface area is 296 Å². The number of hydrazine groups is 2. The van der Waals surface area contributed by atoms with Gasteiger partial charge in [-0.25, -0.2) is 0 Å². The number of thioether (sulfide) groups is 1. The number of nitrogens with one attached hydrogen (secondary N) is 4. The largest absolute Gasteiger partial charge is 0.384 e. The second-order valence-corrected chi connectivity index (χ2v) is 15.8. The molecular formula is C36H49N7O6S. The highest BCUT2D eigenvalue weighted by Crippen LogP contribution is 2.35. The van der Waals surface area contributed by atoms with Crippen LogP contribution in [0.4, 0.5) is 0 Å². The molecule has 3 heterocycles. The predicted octanol–water partition coefficient (Wildman–Crippen LogP) is 1.65. The van der Waals surface area contributed by atoms with Crippen molar-refractivity contribution in [3.8, 4) is 0 Å². The second kappa shape index (κ2) is 14.8. The van der Waals surface area contributed by atoms with Crippen molar-refractivity contribution < 1.29 is 29.4 Å². The molecule has 2 unspecified atom stereocenters. The van der Waals surface area contributed by atoms with Crippen LogP contribution in [0, 0.1) is 5.92 Å². The van der Waals surface area contributed by atoms with Gasteiger partial charge in [-0.2, -0.15) is 11.8 Å². The number of nitrogens with two attached hydrogens (primary N) is 1. The number of likely N-dealkylation sites (tertiary alicyclic amines) is 1. The van der Waals surface area contributed by atoms with E-state index in [1.165, 1.54) is 16.7 Å². The first-order chi connectivity index (χ1) is 23.9. The highest BCUT2D eigenvalue weighted by molar-refractivity contribution is 7.99. The molecule has 2 aromatic carbocycles. The molecule has 13 nitrogen and oxygen atoms in total. The van der Waals surface area contributed by atoms with Gasteiger partial charge in [0, 0.05) is 30.5 Å². The predicted molar refractivity (Wildman–Crippen MR) is 191 cm³/mol. The Hall–Kier alpha value is -3.85. The molecule has 6 rings (SSSR count). The number of hydrogen-bond acceptors (Lipinski definition) is 10. The van der Waals surface area contributed by atoms with E-state index in [1.807, 2.05) is 36.4 Å². The number of fused-ring (bicyclic) bond motifs is 1. The van der Waals surface area contributed by atoms with Gasteiger partial charge in [-0.1, -0.05) is 62.4 Å². The minimum absolute atomic E-state index is 0.117. The fourth-order valence-corrected chi connectivity index (χ4v) is 9.26. The number of amides is 4. The number of hydrogen-bond donors (Lipinski definition) is 7. The summed E-state index contributed by atoms with van der Waals surface area (Å²) in [6.45, 7) is 3.42. The summed E-state index contributed by atoms with van der Waals surface area (Å²) >= 11 is 1.50. The molecule has 2 saturated heterocycles. The minimum atomic E-state index is -1.60. The molecule has 0 radical (unpaired) electrons. The maximum absolute atomic E-state index is 14.8. The normalized spacial score (nSPS) is 25.6. The molecule has 270 valence electrons. The van der Waals surface area contributed by atoms with Gasteiger partial charge in [0.15, 0.2) is 6.10 Å². The number of aliphatic hydroxyl groups excluding tert-OH is 1. The lowest BCUT2D eigenvalue weighted by Crippen LogP contribution is -2.64. The number of rotatable bonds is 11. The van der Waals surface area contributed by atoms with Gasteiger partial charge in [-0.3, -0.25) is 24.2 Å². The smallest absolute Gasteiger partial charge is 0.251 e. The number of nitrogens with zero attached hydrogens (tertiary/aromatic N) is 2. The average molecular weight is 708 g/mol. The lowest BCUT2D eigenvalue weighted by Gasteiger charge is -2.36. The standard InChI is InChI=1S/C36H49N7O6S/c1-35(2,49)29-19-38-41-43(29)26-18-28(33(47)40-36(14-15-50-21-36)30(44)31(37)45)42(20-26)34(48)27(16-22-8-4-3-5-9-22)39-32(46)25-13-12-23-10-6-7-11-24(23)17-25/h6-7,10-13,17,19,22,26-28,30,38,41,44,49H,3-5,8-9,14-16,18,20-21H2,1-2H3,(H2,37,45)(H,39,46)(H,40,47)/t26-,27+,28-,30?,36?/m0/s1. The highest BCUT2D eigenvalue weighted by Gasteiger charge is 2.51. The van der Waals surface area contributed by atoms with E-state index in [9.17, 15) is 29.4 Å². The van der Waals surface area contributed by atoms with E-state index in [2.05, 4.69) is 21.6 Å². The van der Waals surface area contributed by atoms with Crippen molar-refractivity contribution >= 4 is 46.2 Å². The molecule has 4 amide bonds. The summed E-state index contributed by atoms with van der Waals surface area (Å²) in [5.41, 5.74) is 9.95. The molecule has 0 spiro atoms. The fraction of sp³-hybridized carbons (Fsp3) is 0.556. The van der Waals surface area contributed by atoms with Crippen molar-refractivity contribution in [2.45, 2.75) is 101 Å². The van der Waals surface area contributed by atoms with Crippen LogP contribution in [0.15, 0.2) is 54.4 Å². The molecule has 8 N–H and O–H groups in total. The number of carbonyl (C=O) groups excluding carboxylic acids is 4. The van der Waals surface area contributed by atoms with Crippen molar-refractivity contribution in [2.24, 2.45) is 11.7 Å². The van der Waals surface area contributed by atoms with Crippen molar-refractivity contribution in [1.29, 1.82) is 0 Å². The van der Waals surface area contributed by atoms with E-state index in [4.69, 9.17) is 5.73 Å². The number of carbonyl (C=O) groups is 4. The van der Waals surface area contributed by atoms with Gasteiger partial charge in [0.05, 0.1) is 17.3 Å². The summed E-state index contributed by atoms with van der Waals surface area (Å²) in [6.07, 6.45) is 6.17. The first kappa shape index (κ1) is 36.0. The Morgan fingerprint density at radius 3 is 2.52 bits per heavy atom. The number of benzene rings is 2. The zero-order chi connectivity index (χ0) is 35.6. The Morgan fingerprint density at radius 2 is 1.84 bits per heavy atom. The lowest BCUT2D eigenvalue weighted by molar-refractivity contribution is -0.142. The van der Waals surface area contributed by atoms with Crippen LogP contribution in [0.1, 0.15) is 75.6 Å².